The standard InChI is InChI=1S/C20H16Cl3N3OS/c21-13-9-14(22)19(15(23)10-13)26-24-11-12-5-1-4-8-18(12)28-20-25-16-6-2-3-7-17(16)27-20/h2-3,6-7,9-11,26H,1,4-5,8H2/b24-11-. The molecule has 0 aliphatic heterocycles. The summed E-state index contributed by atoms with van der Waals surface area (Å²) in [5.41, 5.74) is 6.28. The van der Waals surface area contributed by atoms with Gasteiger partial charge in [0.15, 0.2) is 5.58 Å². The molecule has 0 unspecified atom stereocenters. The molecule has 0 amide bonds. The Morgan fingerprint density at radius 1 is 1.07 bits per heavy atom. The van der Waals surface area contributed by atoms with Gasteiger partial charge < -0.3 is 4.42 Å². The molecule has 0 bridgehead atoms. The van der Waals surface area contributed by atoms with E-state index in [4.69, 9.17) is 39.2 Å². The van der Waals surface area contributed by atoms with Gasteiger partial charge in [-0.3, -0.25) is 5.43 Å². The second-order valence-corrected chi connectivity index (χ2v) is 8.62. The fourth-order valence-electron chi connectivity index (χ4n) is 2.98. The van der Waals surface area contributed by atoms with E-state index in [9.17, 15) is 0 Å². The highest BCUT2D eigenvalue weighted by atomic mass is 35.5. The minimum absolute atomic E-state index is 0.424. The first-order valence-corrected chi connectivity index (χ1v) is 10.7. The molecule has 1 N–H and O–H groups in total. The fourth-order valence-corrected chi connectivity index (χ4v) is 4.90. The Bertz CT molecular complexity index is 1020. The number of rotatable bonds is 5. The number of halogens is 3. The summed E-state index contributed by atoms with van der Waals surface area (Å²) in [4.78, 5) is 5.77. The number of nitrogens with one attached hydrogen (secondary N) is 1. The van der Waals surface area contributed by atoms with E-state index in [1.165, 1.54) is 4.91 Å². The molecule has 3 aromatic rings. The predicted molar refractivity (Wildman–Crippen MR) is 119 cm³/mol. The van der Waals surface area contributed by atoms with Crippen molar-refractivity contribution in [3.8, 4) is 0 Å². The summed E-state index contributed by atoms with van der Waals surface area (Å²) >= 11 is 19.9. The van der Waals surface area contributed by atoms with Crippen LogP contribution in [0.25, 0.3) is 11.1 Å². The van der Waals surface area contributed by atoms with Gasteiger partial charge in [0.1, 0.15) is 5.52 Å². The van der Waals surface area contributed by atoms with Crippen LogP contribution in [0.2, 0.25) is 15.1 Å². The molecular weight excluding hydrogens is 437 g/mol. The van der Waals surface area contributed by atoms with Crippen LogP contribution in [0.3, 0.4) is 0 Å². The number of fused-ring (bicyclic) bond motifs is 1. The molecule has 8 heteroatoms. The van der Waals surface area contributed by atoms with E-state index in [-0.39, 0.29) is 0 Å². The summed E-state index contributed by atoms with van der Waals surface area (Å²) < 4.78 is 5.85. The van der Waals surface area contributed by atoms with E-state index in [1.807, 2.05) is 30.5 Å². The first-order valence-electron chi connectivity index (χ1n) is 8.79. The number of hydrogen-bond acceptors (Lipinski definition) is 5. The Morgan fingerprint density at radius 2 is 1.82 bits per heavy atom. The number of hydrogen-bond donors (Lipinski definition) is 1. The van der Waals surface area contributed by atoms with Crippen LogP contribution in [0.5, 0.6) is 0 Å². The van der Waals surface area contributed by atoms with E-state index < -0.39 is 0 Å². The van der Waals surface area contributed by atoms with Crippen LogP contribution in [0.1, 0.15) is 25.7 Å². The van der Waals surface area contributed by atoms with Gasteiger partial charge in [0, 0.05) is 5.02 Å². The van der Waals surface area contributed by atoms with Crippen molar-refractivity contribution in [2.45, 2.75) is 30.9 Å². The quantitative estimate of drug-likeness (QED) is 0.317. The number of thioether (sulfide) groups is 1. The molecular formula is C20H16Cl3N3OS. The van der Waals surface area contributed by atoms with Gasteiger partial charge >= 0.3 is 0 Å². The number of hydrazone groups is 1. The molecule has 28 heavy (non-hydrogen) atoms. The Balaban J connectivity index is 1.54. The van der Waals surface area contributed by atoms with Gasteiger partial charge in [-0.1, -0.05) is 46.9 Å². The van der Waals surface area contributed by atoms with Gasteiger partial charge in [-0.2, -0.15) is 5.10 Å². The molecule has 1 heterocycles. The van der Waals surface area contributed by atoms with Crippen molar-refractivity contribution in [3.63, 3.8) is 0 Å². The molecule has 0 radical (unpaired) electrons. The SMILES string of the molecule is Clc1cc(Cl)c(N/N=C\C2=C(Sc3nc4ccccc4o3)CCCC2)c(Cl)c1. The lowest BCUT2D eigenvalue weighted by Crippen LogP contribution is -2.01. The number of oxazole rings is 1. The van der Waals surface area contributed by atoms with Crippen molar-refractivity contribution in [2.24, 2.45) is 5.10 Å². The molecule has 0 atom stereocenters. The molecule has 1 aromatic heterocycles. The third-order valence-corrected chi connectivity index (χ3v) is 6.22. The maximum absolute atomic E-state index is 6.19. The zero-order valence-corrected chi connectivity index (χ0v) is 17.8. The van der Waals surface area contributed by atoms with E-state index in [1.54, 1.807) is 23.9 Å². The molecule has 0 saturated carbocycles. The van der Waals surface area contributed by atoms with Crippen molar-refractivity contribution < 1.29 is 4.42 Å². The van der Waals surface area contributed by atoms with Gasteiger partial charge in [-0.25, -0.2) is 4.98 Å². The fraction of sp³-hybridized carbons (Fsp3) is 0.200. The van der Waals surface area contributed by atoms with Crippen LogP contribution in [-0.4, -0.2) is 11.2 Å². The molecule has 1 aliphatic carbocycles. The van der Waals surface area contributed by atoms with Crippen LogP contribution < -0.4 is 5.43 Å². The topological polar surface area (TPSA) is 50.4 Å². The molecule has 144 valence electrons. The van der Waals surface area contributed by atoms with E-state index in [0.717, 1.165) is 42.4 Å². The van der Waals surface area contributed by atoms with Crippen LogP contribution in [-0.2, 0) is 0 Å². The highest BCUT2D eigenvalue weighted by Crippen LogP contribution is 2.38. The van der Waals surface area contributed by atoms with Crippen molar-refractivity contribution >= 4 is 69.6 Å². The lowest BCUT2D eigenvalue weighted by atomic mass is 10.0. The normalized spacial score (nSPS) is 15.0. The summed E-state index contributed by atoms with van der Waals surface area (Å²) in [6.07, 6.45) is 6.03. The zero-order chi connectivity index (χ0) is 19.5. The highest BCUT2D eigenvalue weighted by Gasteiger charge is 2.16. The lowest BCUT2D eigenvalue weighted by molar-refractivity contribution is 0.490. The molecule has 0 fully saturated rings. The maximum atomic E-state index is 6.19. The number of para-hydroxylation sites is 2. The average molecular weight is 453 g/mol. The smallest absolute Gasteiger partial charge is 0.261 e. The average Bonchev–Trinajstić information content (AvgIpc) is 3.07. The third-order valence-electron chi connectivity index (χ3n) is 4.35. The summed E-state index contributed by atoms with van der Waals surface area (Å²) in [5.74, 6) is 0. The number of aromatic nitrogens is 1. The second-order valence-electron chi connectivity index (χ2n) is 6.32. The zero-order valence-electron chi connectivity index (χ0n) is 14.7. The van der Waals surface area contributed by atoms with E-state index in [0.29, 0.717) is 26.0 Å². The van der Waals surface area contributed by atoms with Crippen LogP contribution in [0, 0.1) is 0 Å². The third kappa shape index (κ3) is 4.49. The van der Waals surface area contributed by atoms with Crippen LogP contribution >= 0.6 is 46.6 Å². The van der Waals surface area contributed by atoms with Crippen molar-refractivity contribution in [1.29, 1.82) is 0 Å². The molecule has 4 nitrogen and oxygen atoms in total. The van der Waals surface area contributed by atoms with E-state index in [2.05, 4.69) is 15.5 Å². The van der Waals surface area contributed by atoms with Gasteiger partial charge in [-0.15, -0.1) is 0 Å². The minimum Gasteiger partial charge on any atom is -0.431 e. The van der Waals surface area contributed by atoms with E-state index >= 15 is 0 Å². The lowest BCUT2D eigenvalue weighted by Gasteiger charge is -2.16. The Morgan fingerprint density at radius 3 is 2.61 bits per heavy atom. The number of nitrogens with zero attached hydrogens (tertiary/aromatic N) is 2. The van der Waals surface area contributed by atoms with Crippen molar-refractivity contribution in [3.05, 3.63) is 61.9 Å². The molecule has 0 spiro atoms. The summed E-state index contributed by atoms with van der Waals surface area (Å²) in [6.45, 7) is 0. The van der Waals surface area contributed by atoms with Gasteiger partial charge in [0.05, 0.1) is 21.9 Å². The number of benzene rings is 2. The monoisotopic (exact) mass is 451 g/mol. The maximum Gasteiger partial charge on any atom is 0.261 e. The van der Waals surface area contributed by atoms with Gasteiger partial charge in [0.25, 0.3) is 5.22 Å². The van der Waals surface area contributed by atoms with Crippen molar-refractivity contribution in [2.75, 3.05) is 5.43 Å². The first-order chi connectivity index (χ1) is 13.6. The molecule has 4 rings (SSSR count). The largest absolute Gasteiger partial charge is 0.431 e. The minimum atomic E-state index is 0.424. The number of allylic oxidation sites excluding steroid dienone is 2. The summed E-state index contributed by atoms with van der Waals surface area (Å²) in [7, 11) is 0. The Labute approximate surface area is 181 Å². The first kappa shape index (κ1) is 19.6. The molecule has 1 aliphatic rings. The summed E-state index contributed by atoms with van der Waals surface area (Å²) in [6, 6.07) is 11.0. The van der Waals surface area contributed by atoms with Crippen LogP contribution in [0.4, 0.5) is 5.69 Å². The summed E-state index contributed by atoms with van der Waals surface area (Å²) in [5, 5.41) is 6.33. The molecule has 2 aromatic carbocycles. The Hall–Kier alpha value is -1.66. The molecule has 0 saturated heterocycles. The predicted octanol–water partition coefficient (Wildman–Crippen LogP) is 7.81. The Kier molecular flexibility index (Phi) is 6.16. The van der Waals surface area contributed by atoms with Crippen molar-refractivity contribution in [1.82, 2.24) is 4.98 Å². The number of anilines is 1. The van der Waals surface area contributed by atoms with Gasteiger partial charge in [0.2, 0.25) is 0 Å². The highest BCUT2D eigenvalue weighted by molar-refractivity contribution is 8.02. The second kappa shape index (κ2) is 8.78. The van der Waals surface area contributed by atoms with Gasteiger partial charge in [-0.05, 0) is 72.2 Å². The van der Waals surface area contributed by atoms with Crippen LogP contribution in [0.15, 0.2) is 61.6 Å².